The zero-order chi connectivity index (χ0) is 12.8. The maximum absolute atomic E-state index is 11.2. The molecule has 3 amide bonds. The molecule has 0 radical (unpaired) electrons. The van der Waals surface area contributed by atoms with Crippen LogP contribution in [0.1, 0.15) is 0 Å². The molecule has 1 rings (SSSR count). The van der Waals surface area contributed by atoms with Crippen LogP contribution in [0.5, 0.6) is 0 Å². The van der Waals surface area contributed by atoms with Gasteiger partial charge in [-0.05, 0) is 0 Å². The lowest BCUT2D eigenvalue weighted by Gasteiger charge is -2.13. The summed E-state index contributed by atoms with van der Waals surface area (Å²) < 4.78 is 4.15. The monoisotopic (exact) mass is 242 g/mol. The minimum absolute atomic E-state index is 0.0191. The Labute approximate surface area is 95.8 Å². The first-order valence-corrected chi connectivity index (χ1v) is 4.66. The first-order chi connectivity index (χ1) is 8.00. The highest BCUT2D eigenvalue weighted by Crippen LogP contribution is 2.01. The largest absolute Gasteiger partial charge is 0.505 e. The highest BCUT2D eigenvalue weighted by Gasteiger charge is 2.25. The Morgan fingerprint density at radius 1 is 1.29 bits per heavy atom. The van der Waals surface area contributed by atoms with Crippen LogP contribution in [0.15, 0.2) is 12.2 Å². The zero-order valence-electron chi connectivity index (χ0n) is 8.71. The number of carbonyl (C=O) groups is 4. The number of hydrogen-bond acceptors (Lipinski definition) is 5. The third-order valence-corrected chi connectivity index (χ3v) is 1.85. The van der Waals surface area contributed by atoms with Crippen LogP contribution in [-0.2, 0) is 19.1 Å². The molecular weight excluding hydrogens is 232 g/mol. The van der Waals surface area contributed by atoms with Gasteiger partial charge in [0.1, 0.15) is 13.2 Å². The van der Waals surface area contributed by atoms with Gasteiger partial charge in [0.2, 0.25) is 5.91 Å². The van der Waals surface area contributed by atoms with E-state index in [0.29, 0.717) is 0 Å². The van der Waals surface area contributed by atoms with Crippen molar-refractivity contribution >= 4 is 23.9 Å². The smallest absolute Gasteiger partial charge is 0.450 e. The molecule has 17 heavy (non-hydrogen) atoms. The van der Waals surface area contributed by atoms with Gasteiger partial charge in [0.25, 0.3) is 11.8 Å². The Morgan fingerprint density at radius 3 is 2.41 bits per heavy atom. The number of amides is 3. The molecule has 0 fully saturated rings. The highest BCUT2D eigenvalue weighted by atomic mass is 16.7. The number of imide groups is 1. The van der Waals surface area contributed by atoms with Gasteiger partial charge in [-0.1, -0.05) is 0 Å². The van der Waals surface area contributed by atoms with Gasteiger partial charge < -0.3 is 15.2 Å². The van der Waals surface area contributed by atoms with Crippen LogP contribution >= 0.6 is 0 Å². The van der Waals surface area contributed by atoms with E-state index in [-0.39, 0.29) is 13.2 Å². The number of carboxylic acid groups (broad SMARTS) is 1. The van der Waals surface area contributed by atoms with E-state index in [9.17, 15) is 19.2 Å². The van der Waals surface area contributed by atoms with Gasteiger partial charge in [0.15, 0.2) is 0 Å². The first-order valence-electron chi connectivity index (χ1n) is 4.66. The summed E-state index contributed by atoms with van der Waals surface area (Å²) in [5.74, 6) is -1.66. The maximum atomic E-state index is 11.2. The van der Waals surface area contributed by atoms with Crippen molar-refractivity contribution in [2.75, 3.05) is 19.7 Å². The molecule has 8 nitrogen and oxygen atoms in total. The van der Waals surface area contributed by atoms with Crippen molar-refractivity contribution in [2.24, 2.45) is 0 Å². The summed E-state index contributed by atoms with van der Waals surface area (Å²) in [5.41, 5.74) is 0. The van der Waals surface area contributed by atoms with Crippen molar-refractivity contribution < 1.29 is 29.0 Å². The summed E-state index contributed by atoms with van der Waals surface area (Å²) in [6.07, 6.45) is 0.708. The molecule has 8 heteroatoms. The SMILES string of the molecule is O=C(CN1C(=O)C=CC1=O)NCCOC(=O)O. The summed E-state index contributed by atoms with van der Waals surface area (Å²) in [5, 5.41) is 10.4. The maximum Gasteiger partial charge on any atom is 0.505 e. The minimum atomic E-state index is -1.44. The fourth-order valence-corrected chi connectivity index (χ4v) is 1.12. The first kappa shape index (κ1) is 12.7. The molecule has 1 heterocycles. The molecule has 1 aliphatic rings. The van der Waals surface area contributed by atoms with E-state index in [1.807, 2.05) is 0 Å². The average Bonchev–Trinajstić information content (AvgIpc) is 2.56. The quantitative estimate of drug-likeness (QED) is 0.353. The molecule has 92 valence electrons. The van der Waals surface area contributed by atoms with Gasteiger partial charge in [-0.15, -0.1) is 0 Å². The third kappa shape index (κ3) is 3.93. The average molecular weight is 242 g/mol. The van der Waals surface area contributed by atoms with Gasteiger partial charge in [0.05, 0.1) is 6.54 Å². The third-order valence-electron chi connectivity index (χ3n) is 1.85. The lowest BCUT2D eigenvalue weighted by Crippen LogP contribution is -2.41. The van der Waals surface area contributed by atoms with E-state index in [1.165, 1.54) is 0 Å². The molecule has 0 aliphatic carbocycles. The molecule has 0 saturated heterocycles. The van der Waals surface area contributed by atoms with E-state index in [0.717, 1.165) is 17.1 Å². The second-order valence-electron chi connectivity index (χ2n) is 3.06. The van der Waals surface area contributed by atoms with Crippen LogP contribution in [0.25, 0.3) is 0 Å². The highest BCUT2D eigenvalue weighted by molar-refractivity contribution is 6.14. The van der Waals surface area contributed by atoms with Crippen molar-refractivity contribution in [2.45, 2.75) is 0 Å². The van der Waals surface area contributed by atoms with Crippen molar-refractivity contribution in [1.29, 1.82) is 0 Å². The summed E-state index contributed by atoms with van der Waals surface area (Å²) in [4.78, 5) is 44.1. The number of nitrogens with zero attached hydrogens (tertiary/aromatic N) is 1. The van der Waals surface area contributed by atoms with Crippen LogP contribution < -0.4 is 5.32 Å². The van der Waals surface area contributed by atoms with Gasteiger partial charge in [-0.25, -0.2) is 4.79 Å². The molecule has 2 N–H and O–H groups in total. The topological polar surface area (TPSA) is 113 Å². The number of rotatable bonds is 5. The summed E-state index contributed by atoms with van der Waals surface area (Å²) >= 11 is 0. The van der Waals surface area contributed by atoms with E-state index in [4.69, 9.17) is 5.11 Å². The lowest BCUT2D eigenvalue weighted by atomic mass is 10.4. The molecule has 0 bridgehead atoms. The van der Waals surface area contributed by atoms with Gasteiger partial charge in [-0.2, -0.15) is 0 Å². The minimum Gasteiger partial charge on any atom is -0.450 e. The van der Waals surface area contributed by atoms with E-state index >= 15 is 0 Å². The summed E-state index contributed by atoms with van der Waals surface area (Å²) in [6, 6.07) is 0. The van der Waals surface area contributed by atoms with Crippen LogP contribution in [-0.4, -0.2) is 53.6 Å². The zero-order valence-corrected chi connectivity index (χ0v) is 8.71. The van der Waals surface area contributed by atoms with Crippen LogP contribution in [0, 0.1) is 0 Å². The predicted molar refractivity (Wildman–Crippen MR) is 52.8 cm³/mol. The lowest BCUT2D eigenvalue weighted by molar-refractivity contribution is -0.141. The number of ether oxygens (including phenoxy) is 1. The Kier molecular flexibility index (Phi) is 4.21. The van der Waals surface area contributed by atoms with Crippen molar-refractivity contribution in [3.05, 3.63) is 12.2 Å². The van der Waals surface area contributed by atoms with Gasteiger partial charge in [-0.3, -0.25) is 19.3 Å². The van der Waals surface area contributed by atoms with Crippen LogP contribution in [0.4, 0.5) is 4.79 Å². The van der Waals surface area contributed by atoms with Crippen molar-refractivity contribution in [3.63, 3.8) is 0 Å². The normalized spacial score (nSPS) is 14.0. The molecular formula is C9H10N2O6. The van der Waals surface area contributed by atoms with E-state index in [2.05, 4.69) is 10.1 Å². The molecule has 0 aromatic heterocycles. The molecule has 0 aromatic carbocycles. The second-order valence-corrected chi connectivity index (χ2v) is 3.06. The Balaban J connectivity index is 2.24. The molecule has 0 spiro atoms. The molecule has 0 saturated carbocycles. The molecule has 1 aliphatic heterocycles. The van der Waals surface area contributed by atoms with E-state index < -0.39 is 30.4 Å². The Bertz CT molecular complexity index is 371. The van der Waals surface area contributed by atoms with Crippen molar-refractivity contribution in [1.82, 2.24) is 10.2 Å². The fourth-order valence-electron chi connectivity index (χ4n) is 1.12. The van der Waals surface area contributed by atoms with Gasteiger partial charge in [0, 0.05) is 12.2 Å². The second kappa shape index (κ2) is 5.64. The number of nitrogens with one attached hydrogen (secondary N) is 1. The predicted octanol–water partition coefficient (Wildman–Crippen LogP) is -1.28. The summed E-state index contributed by atoms with van der Waals surface area (Å²) in [6.45, 7) is -0.603. The van der Waals surface area contributed by atoms with E-state index in [1.54, 1.807) is 0 Å². The van der Waals surface area contributed by atoms with Gasteiger partial charge >= 0.3 is 6.16 Å². The number of carbonyl (C=O) groups excluding carboxylic acids is 3. The molecule has 0 aromatic rings. The Morgan fingerprint density at radius 2 is 1.88 bits per heavy atom. The van der Waals surface area contributed by atoms with Crippen LogP contribution in [0.3, 0.4) is 0 Å². The summed E-state index contributed by atoms with van der Waals surface area (Å²) in [7, 11) is 0. The molecule has 0 unspecified atom stereocenters. The fraction of sp³-hybridized carbons (Fsp3) is 0.333. The van der Waals surface area contributed by atoms with Crippen molar-refractivity contribution in [3.8, 4) is 0 Å². The Hall–Kier alpha value is -2.38. The molecule has 0 atom stereocenters. The number of hydrogen-bond donors (Lipinski definition) is 2. The standard InChI is InChI=1S/C9H10N2O6/c12-6(10-3-4-17-9(15)16)5-11-7(13)1-2-8(11)14/h1-2H,3-5H2,(H,10,12)(H,15,16). The van der Waals surface area contributed by atoms with Crippen LogP contribution in [0.2, 0.25) is 0 Å².